The second-order valence-corrected chi connectivity index (χ2v) is 5.09. The SMILES string of the molecule is CCC[C@@H](N)C(=O)NCCc1cc(Br)ccc1F. The van der Waals surface area contributed by atoms with Crippen molar-refractivity contribution in [2.24, 2.45) is 5.73 Å². The van der Waals surface area contributed by atoms with Crippen LogP contribution in [0.15, 0.2) is 22.7 Å². The van der Waals surface area contributed by atoms with Crippen LogP contribution in [0.2, 0.25) is 0 Å². The van der Waals surface area contributed by atoms with Crippen LogP contribution in [-0.4, -0.2) is 18.5 Å². The van der Waals surface area contributed by atoms with E-state index < -0.39 is 6.04 Å². The number of halogens is 2. The summed E-state index contributed by atoms with van der Waals surface area (Å²) in [5, 5.41) is 2.72. The highest BCUT2D eigenvalue weighted by Gasteiger charge is 2.11. The van der Waals surface area contributed by atoms with Crippen molar-refractivity contribution >= 4 is 21.8 Å². The van der Waals surface area contributed by atoms with Gasteiger partial charge in [-0.05, 0) is 36.6 Å². The van der Waals surface area contributed by atoms with Crippen molar-refractivity contribution in [3.8, 4) is 0 Å². The van der Waals surface area contributed by atoms with E-state index in [1.54, 1.807) is 12.1 Å². The molecule has 0 bridgehead atoms. The Morgan fingerprint density at radius 2 is 2.28 bits per heavy atom. The molecule has 1 aromatic rings. The summed E-state index contributed by atoms with van der Waals surface area (Å²) >= 11 is 3.29. The molecule has 1 amide bonds. The highest BCUT2D eigenvalue weighted by molar-refractivity contribution is 9.10. The van der Waals surface area contributed by atoms with E-state index in [4.69, 9.17) is 5.73 Å². The zero-order chi connectivity index (χ0) is 13.5. The van der Waals surface area contributed by atoms with Gasteiger partial charge in [-0.15, -0.1) is 0 Å². The van der Waals surface area contributed by atoms with Crippen molar-refractivity contribution in [1.82, 2.24) is 5.32 Å². The lowest BCUT2D eigenvalue weighted by atomic mass is 10.1. The highest BCUT2D eigenvalue weighted by Crippen LogP contribution is 2.15. The van der Waals surface area contributed by atoms with Gasteiger partial charge in [-0.1, -0.05) is 29.3 Å². The van der Waals surface area contributed by atoms with Crippen molar-refractivity contribution in [3.05, 3.63) is 34.1 Å². The quantitative estimate of drug-likeness (QED) is 0.846. The first-order chi connectivity index (χ1) is 8.54. The number of hydrogen-bond acceptors (Lipinski definition) is 2. The van der Waals surface area contributed by atoms with Crippen LogP contribution in [0.1, 0.15) is 25.3 Å². The van der Waals surface area contributed by atoms with E-state index in [9.17, 15) is 9.18 Å². The van der Waals surface area contributed by atoms with Crippen molar-refractivity contribution in [1.29, 1.82) is 0 Å². The second-order valence-electron chi connectivity index (χ2n) is 4.17. The Labute approximate surface area is 115 Å². The third-order valence-corrected chi connectivity index (χ3v) is 3.13. The predicted molar refractivity (Wildman–Crippen MR) is 73.7 cm³/mol. The summed E-state index contributed by atoms with van der Waals surface area (Å²) in [6.45, 7) is 2.37. The molecule has 0 unspecified atom stereocenters. The molecule has 3 nitrogen and oxygen atoms in total. The van der Waals surface area contributed by atoms with Gasteiger partial charge in [0.1, 0.15) is 5.82 Å². The summed E-state index contributed by atoms with van der Waals surface area (Å²) in [5.74, 6) is -0.433. The second kappa shape index (κ2) is 7.48. The summed E-state index contributed by atoms with van der Waals surface area (Å²) in [4.78, 5) is 11.5. The first-order valence-corrected chi connectivity index (χ1v) is 6.81. The van der Waals surface area contributed by atoms with Gasteiger partial charge in [0.05, 0.1) is 6.04 Å². The van der Waals surface area contributed by atoms with Gasteiger partial charge in [0.15, 0.2) is 0 Å². The van der Waals surface area contributed by atoms with E-state index in [2.05, 4.69) is 21.2 Å². The Morgan fingerprint density at radius 3 is 2.94 bits per heavy atom. The molecule has 0 radical (unpaired) electrons. The average molecular weight is 317 g/mol. The van der Waals surface area contributed by atoms with Crippen LogP contribution in [0.3, 0.4) is 0 Å². The monoisotopic (exact) mass is 316 g/mol. The fourth-order valence-corrected chi connectivity index (χ4v) is 2.04. The Bertz CT molecular complexity index is 412. The van der Waals surface area contributed by atoms with E-state index in [1.807, 2.05) is 6.92 Å². The molecule has 0 heterocycles. The molecule has 18 heavy (non-hydrogen) atoms. The minimum absolute atomic E-state index is 0.174. The third kappa shape index (κ3) is 4.74. The van der Waals surface area contributed by atoms with Crippen LogP contribution in [0.25, 0.3) is 0 Å². The number of amides is 1. The van der Waals surface area contributed by atoms with Gasteiger partial charge in [-0.25, -0.2) is 4.39 Å². The summed E-state index contributed by atoms with van der Waals surface area (Å²) in [7, 11) is 0. The molecule has 0 aliphatic heterocycles. The van der Waals surface area contributed by atoms with E-state index in [0.717, 1.165) is 10.9 Å². The van der Waals surface area contributed by atoms with Crippen molar-refractivity contribution in [3.63, 3.8) is 0 Å². The molecular formula is C13H18BrFN2O. The number of hydrogen-bond donors (Lipinski definition) is 2. The minimum Gasteiger partial charge on any atom is -0.354 e. The first-order valence-electron chi connectivity index (χ1n) is 6.01. The smallest absolute Gasteiger partial charge is 0.236 e. The van der Waals surface area contributed by atoms with Crippen LogP contribution >= 0.6 is 15.9 Å². The predicted octanol–water partition coefficient (Wildman–Crippen LogP) is 2.37. The first kappa shape index (κ1) is 15.1. The standard InChI is InChI=1S/C13H18BrFN2O/c1-2-3-12(16)13(18)17-7-6-9-8-10(14)4-5-11(9)15/h4-5,8,12H,2-3,6-7,16H2,1H3,(H,17,18)/t12-/m1/s1. The van der Waals surface area contributed by atoms with Crippen LogP contribution < -0.4 is 11.1 Å². The lowest BCUT2D eigenvalue weighted by Gasteiger charge is -2.11. The van der Waals surface area contributed by atoms with Gasteiger partial charge in [0.25, 0.3) is 0 Å². The van der Waals surface area contributed by atoms with E-state index in [-0.39, 0.29) is 11.7 Å². The van der Waals surface area contributed by atoms with E-state index in [0.29, 0.717) is 24.9 Å². The van der Waals surface area contributed by atoms with Crippen LogP contribution in [0.4, 0.5) is 4.39 Å². The molecule has 0 saturated carbocycles. The normalized spacial score (nSPS) is 12.2. The Kier molecular flexibility index (Phi) is 6.29. The summed E-state index contributed by atoms with van der Waals surface area (Å²) in [6, 6.07) is 4.30. The number of benzene rings is 1. The number of carbonyl (C=O) groups excluding carboxylic acids is 1. The van der Waals surface area contributed by atoms with E-state index >= 15 is 0 Å². The number of nitrogens with two attached hydrogens (primary N) is 1. The summed E-state index contributed by atoms with van der Waals surface area (Å²) in [5.41, 5.74) is 6.25. The Morgan fingerprint density at radius 1 is 1.56 bits per heavy atom. The molecule has 0 aromatic heterocycles. The van der Waals surface area contributed by atoms with Gasteiger partial charge < -0.3 is 11.1 Å². The maximum Gasteiger partial charge on any atom is 0.236 e. The topological polar surface area (TPSA) is 55.1 Å². The Balaban J connectivity index is 2.42. The number of carbonyl (C=O) groups is 1. The maximum absolute atomic E-state index is 13.4. The van der Waals surface area contributed by atoms with Crippen LogP contribution in [0, 0.1) is 5.82 Å². The van der Waals surface area contributed by atoms with Crippen molar-refractivity contribution in [2.45, 2.75) is 32.2 Å². The molecule has 100 valence electrons. The summed E-state index contributed by atoms with van der Waals surface area (Å²) in [6.07, 6.45) is 1.99. The van der Waals surface area contributed by atoms with Gasteiger partial charge in [-0.3, -0.25) is 4.79 Å². The van der Waals surface area contributed by atoms with E-state index in [1.165, 1.54) is 6.07 Å². The highest BCUT2D eigenvalue weighted by atomic mass is 79.9. The van der Waals surface area contributed by atoms with Crippen LogP contribution in [-0.2, 0) is 11.2 Å². The number of rotatable bonds is 6. The molecule has 5 heteroatoms. The zero-order valence-electron chi connectivity index (χ0n) is 10.4. The third-order valence-electron chi connectivity index (χ3n) is 2.64. The molecule has 1 aromatic carbocycles. The lowest BCUT2D eigenvalue weighted by Crippen LogP contribution is -2.41. The minimum atomic E-state index is -0.470. The largest absolute Gasteiger partial charge is 0.354 e. The molecule has 1 rings (SSSR count). The fourth-order valence-electron chi connectivity index (χ4n) is 1.63. The molecular weight excluding hydrogens is 299 g/mol. The van der Waals surface area contributed by atoms with Gasteiger partial charge in [0.2, 0.25) is 5.91 Å². The average Bonchev–Trinajstić information content (AvgIpc) is 2.33. The lowest BCUT2D eigenvalue weighted by molar-refractivity contribution is -0.122. The molecule has 0 aliphatic rings. The molecule has 1 atom stereocenters. The zero-order valence-corrected chi connectivity index (χ0v) is 12.0. The Hall–Kier alpha value is -0.940. The molecule has 0 fully saturated rings. The maximum atomic E-state index is 13.4. The van der Waals surface area contributed by atoms with Crippen LogP contribution in [0.5, 0.6) is 0 Å². The van der Waals surface area contributed by atoms with Gasteiger partial charge in [-0.2, -0.15) is 0 Å². The summed E-state index contributed by atoms with van der Waals surface area (Å²) < 4.78 is 14.2. The molecule has 0 aliphatic carbocycles. The molecule has 0 saturated heterocycles. The van der Waals surface area contributed by atoms with Gasteiger partial charge >= 0.3 is 0 Å². The molecule has 3 N–H and O–H groups in total. The van der Waals surface area contributed by atoms with Crippen molar-refractivity contribution < 1.29 is 9.18 Å². The fraction of sp³-hybridized carbons (Fsp3) is 0.462. The van der Waals surface area contributed by atoms with Crippen molar-refractivity contribution in [2.75, 3.05) is 6.54 Å². The molecule has 0 spiro atoms. The van der Waals surface area contributed by atoms with Gasteiger partial charge in [0, 0.05) is 11.0 Å². The number of nitrogens with one attached hydrogen (secondary N) is 1.